The van der Waals surface area contributed by atoms with Gasteiger partial charge in [0.05, 0.1) is 17.1 Å². The normalized spacial score (nSPS) is 14.8. The summed E-state index contributed by atoms with van der Waals surface area (Å²) < 4.78 is 0. The molecule has 0 saturated carbocycles. The van der Waals surface area contributed by atoms with Gasteiger partial charge in [0.2, 0.25) is 0 Å². The third kappa shape index (κ3) is 3.71. The van der Waals surface area contributed by atoms with Gasteiger partial charge in [-0.05, 0) is 36.2 Å². The molecule has 0 aromatic heterocycles. The summed E-state index contributed by atoms with van der Waals surface area (Å²) in [5.74, 6) is 0. The van der Waals surface area contributed by atoms with Crippen molar-refractivity contribution in [1.82, 2.24) is 5.32 Å². The molecular weight excluding hydrogens is 308 g/mol. The Kier molecular flexibility index (Phi) is 4.94. The maximum Gasteiger partial charge on any atom is 0.0790 e. The van der Waals surface area contributed by atoms with E-state index in [1.807, 2.05) is 24.3 Å². The molecule has 1 heterocycles. The summed E-state index contributed by atoms with van der Waals surface area (Å²) in [6.07, 6.45) is 0. The number of nitrogens with zero attached hydrogens (tertiary/aromatic N) is 1. The molecule has 0 spiro atoms. The fourth-order valence-electron chi connectivity index (χ4n) is 2.93. The average molecular weight is 331 g/mol. The summed E-state index contributed by atoms with van der Waals surface area (Å²) in [5.41, 5.74) is 11.8. The van der Waals surface area contributed by atoms with Gasteiger partial charge in [0, 0.05) is 37.7 Å². The first-order chi connectivity index (χ1) is 11.1. The van der Waals surface area contributed by atoms with Crippen LogP contribution < -0.4 is 21.3 Å². The molecule has 3 rings (SSSR count). The molecule has 0 aliphatic carbocycles. The molecule has 2 aromatic carbocycles. The summed E-state index contributed by atoms with van der Waals surface area (Å²) in [6.45, 7) is 6.80. The van der Waals surface area contributed by atoms with Crippen molar-refractivity contribution >= 4 is 28.7 Å². The van der Waals surface area contributed by atoms with Crippen LogP contribution in [0.3, 0.4) is 0 Å². The van der Waals surface area contributed by atoms with Crippen molar-refractivity contribution < 1.29 is 0 Å². The quantitative estimate of drug-likeness (QED) is 0.753. The highest BCUT2D eigenvalue weighted by Crippen LogP contribution is 2.34. The van der Waals surface area contributed by atoms with Crippen LogP contribution in [0, 0.1) is 6.92 Å². The van der Waals surface area contributed by atoms with Crippen molar-refractivity contribution in [2.75, 3.05) is 42.1 Å². The first kappa shape index (κ1) is 16.0. The number of nitrogens with two attached hydrogens (primary N) is 1. The summed E-state index contributed by atoms with van der Waals surface area (Å²) in [4.78, 5) is 2.35. The number of rotatable bonds is 4. The van der Waals surface area contributed by atoms with Crippen LogP contribution in [0.1, 0.15) is 11.1 Å². The van der Waals surface area contributed by atoms with Gasteiger partial charge in [-0.2, -0.15) is 0 Å². The number of hydrogen-bond acceptors (Lipinski definition) is 4. The first-order valence-electron chi connectivity index (χ1n) is 7.98. The number of halogens is 1. The molecule has 0 radical (unpaired) electrons. The second-order valence-corrected chi connectivity index (χ2v) is 6.34. The number of anilines is 3. The lowest BCUT2D eigenvalue weighted by Crippen LogP contribution is -2.43. The first-order valence-corrected chi connectivity index (χ1v) is 8.36. The standard InChI is InChI=1S/C18H23ClN4/c1-13-2-7-16(23-10-8-21-9-11-23)17(20)18(13)22-12-14-3-5-15(19)6-4-14/h2-7,21-22H,8-12,20H2,1H3. The SMILES string of the molecule is Cc1ccc(N2CCNCC2)c(N)c1NCc1ccc(Cl)cc1. The zero-order chi connectivity index (χ0) is 16.2. The van der Waals surface area contributed by atoms with Gasteiger partial charge in [0.1, 0.15) is 0 Å². The van der Waals surface area contributed by atoms with Crippen LogP contribution >= 0.6 is 11.6 Å². The number of benzene rings is 2. The van der Waals surface area contributed by atoms with Crippen LogP contribution in [0.2, 0.25) is 5.02 Å². The molecule has 0 amide bonds. The Bertz CT molecular complexity index is 663. The second kappa shape index (κ2) is 7.11. The van der Waals surface area contributed by atoms with Crippen LogP contribution in [0.15, 0.2) is 36.4 Å². The Morgan fingerprint density at radius 1 is 1.13 bits per heavy atom. The summed E-state index contributed by atoms with van der Waals surface area (Å²) in [7, 11) is 0. The zero-order valence-corrected chi connectivity index (χ0v) is 14.2. The molecule has 0 atom stereocenters. The Labute approximate surface area is 142 Å². The summed E-state index contributed by atoms with van der Waals surface area (Å²) in [6, 6.07) is 12.1. The van der Waals surface area contributed by atoms with E-state index >= 15 is 0 Å². The van der Waals surface area contributed by atoms with Crippen LogP contribution in [0.25, 0.3) is 0 Å². The summed E-state index contributed by atoms with van der Waals surface area (Å²) >= 11 is 5.94. The van der Waals surface area contributed by atoms with Crippen molar-refractivity contribution in [3.8, 4) is 0 Å². The van der Waals surface area contributed by atoms with Crippen molar-refractivity contribution in [2.45, 2.75) is 13.5 Å². The fourth-order valence-corrected chi connectivity index (χ4v) is 3.05. The molecule has 5 heteroatoms. The van der Waals surface area contributed by atoms with Crippen molar-refractivity contribution in [3.63, 3.8) is 0 Å². The smallest absolute Gasteiger partial charge is 0.0790 e. The Morgan fingerprint density at radius 2 is 1.83 bits per heavy atom. The predicted octanol–water partition coefficient (Wildman–Crippen LogP) is 3.25. The van der Waals surface area contributed by atoms with E-state index in [-0.39, 0.29) is 0 Å². The average Bonchev–Trinajstić information content (AvgIpc) is 2.57. The van der Waals surface area contributed by atoms with Crippen molar-refractivity contribution in [2.24, 2.45) is 0 Å². The van der Waals surface area contributed by atoms with Gasteiger partial charge in [-0.25, -0.2) is 0 Å². The molecule has 122 valence electrons. The minimum absolute atomic E-state index is 0.729. The van der Waals surface area contributed by atoms with Gasteiger partial charge in [-0.1, -0.05) is 29.8 Å². The van der Waals surface area contributed by atoms with E-state index in [0.29, 0.717) is 0 Å². The number of aryl methyl sites for hydroxylation is 1. The lowest BCUT2D eigenvalue weighted by molar-refractivity contribution is 0.590. The lowest BCUT2D eigenvalue weighted by Gasteiger charge is -2.31. The molecule has 23 heavy (non-hydrogen) atoms. The minimum Gasteiger partial charge on any atom is -0.395 e. The van der Waals surface area contributed by atoms with E-state index in [1.165, 1.54) is 5.56 Å². The van der Waals surface area contributed by atoms with E-state index in [2.05, 4.69) is 34.6 Å². The van der Waals surface area contributed by atoms with E-state index in [0.717, 1.165) is 60.4 Å². The third-order valence-electron chi connectivity index (χ3n) is 4.27. The number of hydrogen-bond donors (Lipinski definition) is 3. The van der Waals surface area contributed by atoms with Gasteiger partial charge in [-0.3, -0.25) is 0 Å². The molecule has 2 aromatic rings. The second-order valence-electron chi connectivity index (χ2n) is 5.91. The van der Waals surface area contributed by atoms with E-state index < -0.39 is 0 Å². The monoisotopic (exact) mass is 330 g/mol. The Balaban J connectivity index is 1.79. The van der Waals surface area contributed by atoms with Gasteiger partial charge in [0.15, 0.2) is 0 Å². The van der Waals surface area contributed by atoms with E-state index in [4.69, 9.17) is 17.3 Å². The largest absolute Gasteiger partial charge is 0.395 e. The number of nitrogens with one attached hydrogen (secondary N) is 2. The molecule has 4 nitrogen and oxygen atoms in total. The lowest BCUT2D eigenvalue weighted by atomic mass is 10.1. The maximum atomic E-state index is 6.46. The Morgan fingerprint density at radius 3 is 2.52 bits per heavy atom. The van der Waals surface area contributed by atoms with Gasteiger partial charge >= 0.3 is 0 Å². The van der Waals surface area contributed by atoms with Gasteiger partial charge in [0.25, 0.3) is 0 Å². The predicted molar refractivity (Wildman–Crippen MR) is 99.5 cm³/mol. The molecule has 1 aliphatic heterocycles. The van der Waals surface area contributed by atoms with Crippen LogP contribution in [-0.4, -0.2) is 26.2 Å². The highest BCUT2D eigenvalue weighted by Gasteiger charge is 2.16. The third-order valence-corrected chi connectivity index (χ3v) is 4.52. The molecule has 1 saturated heterocycles. The number of nitrogen functional groups attached to an aromatic ring is 1. The highest BCUT2D eigenvalue weighted by atomic mass is 35.5. The molecular formula is C18H23ClN4. The molecule has 0 unspecified atom stereocenters. The maximum absolute atomic E-state index is 6.46. The molecule has 1 aliphatic rings. The molecule has 4 N–H and O–H groups in total. The molecule has 1 fully saturated rings. The fraction of sp³-hybridized carbons (Fsp3) is 0.333. The Hall–Kier alpha value is -1.91. The minimum atomic E-state index is 0.729. The van der Waals surface area contributed by atoms with Crippen LogP contribution in [0.4, 0.5) is 17.1 Å². The number of piperazine rings is 1. The summed E-state index contributed by atoms with van der Waals surface area (Å²) in [5, 5.41) is 7.61. The van der Waals surface area contributed by atoms with Crippen LogP contribution in [0.5, 0.6) is 0 Å². The zero-order valence-electron chi connectivity index (χ0n) is 13.4. The van der Waals surface area contributed by atoms with E-state index in [1.54, 1.807) is 0 Å². The highest BCUT2D eigenvalue weighted by molar-refractivity contribution is 6.30. The van der Waals surface area contributed by atoms with Crippen LogP contribution in [-0.2, 0) is 6.54 Å². The van der Waals surface area contributed by atoms with Gasteiger partial charge < -0.3 is 21.3 Å². The van der Waals surface area contributed by atoms with Crippen molar-refractivity contribution in [1.29, 1.82) is 0 Å². The van der Waals surface area contributed by atoms with E-state index in [9.17, 15) is 0 Å². The molecule has 0 bridgehead atoms. The van der Waals surface area contributed by atoms with Gasteiger partial charge in [-0.15, -0.1) is 0 Å². The topological polar surface area (TPSA) is 53.3 Å². The van der Waals surface area contributed by atoms with Crippen molar-refractivity contribution in [3.05, 3.63) is 52.5 Å².